The maximum Gasteiger partial charge on any atom is 0.0465 e. The van der Waals surface area contributed by atoms with Crippen molar-refractivity contribution in [3.63, 3.8) is 0 Å². The normalized spacial score (nSPS) is 12.4. The predicted octanol–water partition coefficient (Wildman–Crippen LogP) is 2.72. The van der Waals surface area contributed by atoms with Crippen LogP contribution in [0.3, 0.4) is 0 Å². The number of nitrogens with one attached hydrogen (secondary N) is 1. The average molecular weight is 204 g/mol. The third-order valence-corrected chi connectivity index (χ3v) is 2.67. The van der Waals surface area contributed by atoms with Crippen LogP contribution in [0.2, 0.25) is 0 Å². The summed E-state index contributed by atoms with van der Waals surface area (Å²) >= 11 is 0. The van der Waals surface area contributed by atoms with Gasteiger partial charge in [0.15, 0.2) is 0 Å². The zero-order valence-electron chi connectivity index (χ0n) is 9.37. The largest absolute Gasteiger partial charge is 0.271 e. The summed E-state index contributed by atoms with van der Waals surface area (Å²) in [6, 6.07) is 8.68. The van der Waals surface area contributed by atoms with E-state index >= 15 is 0 Å². The number of hydrazine groups is 1. The minimum Gasteiger partial charge on any atom is -0.271 e. The van der Waals surface area contributed by atoms with Gasteiger partial charge in [-0.25, -0.2) is 0 Å². The Morgan fingerprint density at radius 3 is 2.80 bits per heavy atom. The van der Waals surface area contributed by atoms with Crippen LogP contribution in [0.4, 0.5) is 0 Å². The van der Waals surface area contributed by atoms with E-state index in [1.165, 1.54) is 11.1 Å². The number of nitrogens with two attached hydrogens (primary N) is 1. The zero-order valence-corrected chi connectivity index (χ0v) is 9.37. The lowest BCUT2D eigenvalue weighted by Crippen LogP contribution is -2.28. The number of benzene rings is 1. The Morgan fingerprint density at radius 2 is 2.20 bits per heavy atom. The smallest absolute Gasteiger partial charge is 0.0465 e. The van der Waals surface area contributed by atoms with Crippen LogP contribution in [0, 0.1) is 0 Å². The van der Waals surface area contributed by atoms with E-state index < -0.39 is 0 Å². The molecule has 0 saturated heterocycles. The molecule has 0 aliphatic heterocycles. The van der Waals surface area contributed by atoms with Gasteiger partial charge in [0.1, 0.15) is 0 Å². The number of rotatable bonds is 6. The van der Waals surface area contributed by atoms with Crippen LogP contribution in [-0.2, 0) is 6.42 Å². The number of hydrogen-bond acceptors (Lipinski definition) is 2. The Morgan fingerprint density at radius 1 is 1.47 bits per heavy atom. The molecule has 1 unspecified atom stereocenters. The first-order valence-corrected chi connectivity index (χ1v) is 5.48. The van der Waals surface area contributed by atoms with Gasteiger partial charge in [0, 0.05) is 6.04 Å². The molecule has 0 bridgehead atoms. The van der Waals surface area contributed by atoms with Crippen LogP contribution in [0.15, 0.2) is 36.9 Å². The average Bonchev–Trinajstić information content (AvgIpc) is 2.30. The lowest BCUT2D eigenvalue weighted by Gasteiger charge is -2.18. The van der Waals surface area contributed by atoms with E-state index in [1.54, 1.807) is 0 Å². The molecule has 0 fully saturated rings. The van der Waals surface area contributed by atoms with E-state index in [0.29, 0.717) is 0 Å². The van der Waals surface area contributed by atoms with Crippen molar-refractivity contribution in [2.24, 2.45) is 5.84 Å². The first-order chi connectivity index (χ1) is 7.33. The molecule has 3 N–H and O–H groups in total. The fourth-order valence-electron chi connectivity index (χ4n) is 1.81. The van der Waals surface area contributed by atoms with Crippen LogP contribution >= 0.6 is 0 Å². The Bertz CT molecular complexity index is 307. The van der Waals surface area contributed by atoms with Gasteiger partial charge in [0.05, 0.1) is 0 Å². The summed E-state index contributed by atoms with van der Waals surface area (Å²) in [5.41, 5.74) is 5.55. The van der Waals surface area contributed by atoms with E-state index in [1.807, 2.05) is 6.08 Å². The van der Waals surface area contributed by atoms with Crippen molar-refractivity contribution in [1.29, 1.82) is 0 Å². The van der Waals surface area contributed by atoms with Crippen molar-refractivity contribution in [1.82, 2.24) is 5.43 Å². The molecule has 1 rings (SSSR count). The molecule has 2 nitrogen and oxygen atoms in total. The second kappa shape index (κ2) is 6.38. The van der Waals surface area contributed by atoms with Crippen molar-refractivity contribution < 1.29 is 0 Å². The topological polar surface area (TPSA) is 38.0 Å². The highest BCUT2D eigenvalue weighted by Gasteiger charge is 2.11. The molecule has 1 aromatic carbocycles. The minimum atomic E-state index is 0.235. The maximum absolute atomic E-state index is 5.58. The number of allylic oxidation sites excluding steroid dienone is 1. The molecule has 0 saturated carbocycles. The SMILES string of the molecule is C=CCCC(NN)c1ccccc1CC. The summed E-state index contributed by atoms with van der Waals surface area (Å²) in [4.78, 5) is 0. The quantitative estimate of drug-likeness (QED) is 0.425. The first kappa shape index (κ1) is 12.0. The first-order valence-electron chi connectivity index (χ1n) is 5.48. The van der Waals surface area contributed by atoms with E-state index in [0.717, 1.165) is 19.3 Å². The number of hydrogen-bond donors (Lipinski definition) is 2. The molecule has 0 amide bonds. The molecule has 0 radical (unpaired) electrons. The van der Waals surface area contributed by atoms with E-state index in [2.05, 4.69) is 43.2 Å². The summed E-state index contributed by atoms with van der Waals surface area (Å²) in [5, 5.41) is 0. The zero-order chi connectivity index (χ0) is 11.1. The molecule has 82 valence electrons. The Hall–Kier alpha value is -1.12. The lowest BCUT2D eigenvalue weighted by molar-refractivity contribution is 0.517. The van der Waals surface area contributed by atoms with Crippen molar-refractivity contribution in [2.75, 3.05) is 0 Å². The second-order valence-electron chi connectivity index (χ2n) is 3.64. The lowest BCUT2D eigenvalue weighted by atomic mass is 9.96. The molecular weight excluding hydrogens is 184 g/mol. The molecular formula is C13H20N2. The van der Waals surface area contributed by atoms with Gasteiger partial charge in [0.2, 0.25) is 0 Å². The molecule has 0 spiro atoms. The second-order valence-corrected chi connectivity index (χ2v) is 3.64. The molecule has 2 heteroatoms. The maximum atomic E-state index is 5.58. The van der Waals surface area contributed by atoms with Gasteiger partial charge < -0.3 is 0 Å². The van der Waals surface area contributed by atoms with Crippen molar-refractivity contribution in [2.45, 2.75) is 32.2 Å². The highest BCUT2D eigenvalue weighted by atomic mass is 15.2. The Labute approximate surface area is 92.2 Å². The van der Waals surface area contributed by atoms with Crippen LogP contribution in [-0.4, -0.2) is 0 Å². The van der Waals surface area contributed by atoms with E-state index in [4.69, 9.17) is 5.84 Å². The van der Waals surface area contributed by atoms with E-state index in [9.17, 15) is 0 Å². The molecule has 0 aliphatic carbocycles. The van der Waals surface area contributed by atoms with Crippen LogP contribution in [0.25, 0.3) is 0 Å². The summed E-state index contributed by atoms with van der Waals surface area (Å²) in [6.45, 7) is 5.90. The van der Waals surface area contributed by atoms with Gasteiger partial charge in [-0.2, -0.15) is 0 Å². The molecule has 0 aromatic heterocycles. The van der Waals surface area contributed by atoms with Gasteiger partial charge in [0.25, 0.3) is 0 Å². The third kappa shape index (κ3) is 3.18. The van der Waals surface area contributed by atoms with Gasteiger partial charge in [-0.15, -0.1) is 6.58 Å². The monoisotopic (exact) mass is 204 g/mol. The third-order valence-electron chi connectivity index (χ3n) is 2.67. The summed E-state index contributed by atoms with van der Waals surface area (Å²) < 4.78 is 0. The Balaban J connectivity index is 2.84. The minimum absolute atomic E-state index is 0.235. The van der Waals surface area contributed by atoms with Gasteiger partial charge in [-0.1, -0.05) is 37.3 Å². The highest BCUT2D eigenvalue weighted by molar-refractivity contribution is 5.29. The molecule has 0 aliphatic rings. The van der Waals surface area contributed by atoms with E-state index in [-0.39, 0.29) is 6.04 Å². The molecule has 1 atom stereocenters. The summed E-state index contributed by atoms with van der Waals surface area (Å²) in [7, 11) is 0. The fraction of sp³-hybridized carbons (Fsp3) is 0.385. The molecule has 15 heavy (non-hydrogen) atoms. The van der Waals surface area contributed by atoms with Crippen LogP contribution in [0.5, 0.6) is 0 Å². The predicted molar refractivity (Wildman–Crippen MR) is 65.3 cm³/mol. The van der Waals surface area contributed by atoms with Crippen molar-refractivity contribution >= 4 is 0 Å². The van der Waals surface area contributed by atoms with Crippen LogP contribution < -0.4 is 11.3 Å². The highest BCUT2D eigenvalue weighted by Crippen LogP contribution is 2.22. The van der Waals surface area contributed by atoms with Gasteiger partial charge in [-0.3, -0.25) is 11.3 Å². The van der Waals surface area contributed by atoms with Crippen molar-refractivity contribution in [3.8, 4) is 0 Å². The standard InChI is InChI=1S/C13H20N2/c1-3-5-10-13(15-14)12-9-7-6-8-11(12)4-2/h3,6-9,13,15H,1,4-5,10,14H2,2H3. The van der Waals surface area contributed by atoms with Gasteiger partial charge in [-0.05, 0) is 30.4 Å². The summed E-state index contributed by atoms with van der Waals surface area (Å²) in [6.07, 6.45) is 4.95. The van der Waals surface area contributed by atoms with Gasteiger partial charge >= 0.3 is 0 Å². The summed E-state index contributed by atoms with van der Waals surface area (Å²) in [5.74, 6) is 5.58. The molecule has 1 aromatic rings. The fourth-order valence-corrected chi connectivity index (χ4v) is 1.81. The molecule has 0 heterocycles. The Kier molecular flexibility index (Phi) is 5.08. The number of aryl methyl sites for hydroxylation is 1. The van der Waals surface area contributed by atoms with Crippen LogP contribution in [0.1, 0.15) is 36.9 Å². The van der Waals surface area contributed by atoms with Crippen molar-refractivity contribution in [3.05, 3.63) is 48.0 Å².